The van der Waals surface area contributed by atoms with Crippen molar-refractivity contribution in [2.75, 3.05) is 26.7 Å². The number of carbonyl (C=O) groups is 1. The fraction of sp³-hybridized carbons (Fsp3) is 0.361. The minimum Gasteiger partial charge on any atom is -0.353 e. The van der Waals surface area contributed by atoms with Gasteiger partial charge in [0.25, 0.3) is 0 Å². The molecule has 4 aromatic rings. The van der Waals surface area contributed by atoms with Gasteiger partial charge in [0.05, 0.1) is 10.6 Å². The van der Waals surface area contributed by atoms with Crippen molar-refractivity contribution in [2.24, 2.45) is 0 Å². The van der Waals surface area contributed by atoms with Crippen LogP contribution in [0.1, 0.15) is 45.7 Å². The Bertz CT molecular complexity index is 1630. The molecule has 1 aliphatic carbocycles. The monoisotopic (exact) mass is 654 g/mol. The lowest BCUT2D eigenvalue weighted by Crippen LogP contribution is -2.69. The summed E-state index contributed by atoms with van der Waals surface area (Å²) in [6.07, 6.45) is 3.26. The Morgan fingerprint density at radius 3 is 2.12 bits per heavy atom. The van der Waals surface area contributed by atoms with E-state index in [2.05, 4.69) is 143 Å². The first-order chi connectivity index (χ1) is 20.6. The normalized spacial score (nSPS) is 18.7. The van der Waals surface area contributed by atoms with Crippen molar-refractivity contribution in [2.45, 2.75) is 58.2 Å². The number of urea groups is 1. The summed E-state index contributed by atoms with van der Waals surface area (Å²) in [6.45, 7) is 13.5. The first-order valence-electron chi connectivity index (χ1n) is 15.5. The SMILES string of the molecule is CCN(CC)C(=O)N[C@H]1C=C2c3cccc4c3c(c(Br)n4[Si](c3ccccc3)(c3ccccc3)C(C)(C)C)C[C@H]2N(C)C1. The predicted molar refractivity (Wildman–Crippen MR) is 186 cm³/mol. The topological polar surface area (TPSA) is 40.5 Å². The maximum absolute atomic E-state index is 13.0. The van der Waals surface area contributed by atoms with Gasteiger partial charge in [-0.05, 0) is 81.4 Å². The molecular formula is C36H43BrN4OSi. The molecule has 2 amide bonds. The van der Waals surface area contributed by atoms with Gasteiger partial charge in [0, 0.05) is 36.6 Å². The summed E-state index contributed by atoms with van der Waals surface area (Å²) < 4.78 is 3.91. The maximum Gasteiger partial charge on any atom is 0.317 e. The van der Waals surface area contributed by atoms with Crippen molar-refractivity contribution in [1.29, 1.82) is 0 Å². The lowest BCUT2D eigenvalue weighted by molar-refractivity contribution is 0.193. The molecule has 7 heteroatoms. The van der Waals surface area contributed by atoms with Gasteiger partial charge in [0.2, 0.25) is 8.24 Å². The molecule has 0 fully saturated rings. The van der Waals surface area contributed by atoms with E-state index < -0.39 is 8.24 Å². The van der Waals surface area contributed by atoms with Crippen molar-refractivity contribution in [3.63, 3.8) is 0 Å². The van der Waals surface area contributed by atoms with Crippen molar-refractivity contribution in [1.82, 2.24) is 19.3 Å². The van der Waals surface area contributed by atoms with Gasteiger partial charge in [0.1, 0.15) is 0 Å². The molecule has 43 heavy (non-hydrogen) atoms. The molecule has 1 aliphatic heterocycles. The third-order valence-electron chi connectivity index (χ3n) is 9.66. The summed E-state index contributed by atoms with van der Waals surface area (Å²) in [4.78, 5) is 17.3. The highest BCUT2D eigenvalue weighted by molar-refractivity contribution is 9.10. The van der Waals surface area contributed by atoms with Crippen LogP contribution in [0, 0.1) is 0 Å². The Kier molecular flexibility index (Phi) is 7.94. The molecule has 0 saturated heterocycles. The number of nitrogens with one attached hydrogen (secondary N) is 1. The molecule has 0 radical (unpaired) electrons. The van der Waals surface area contributed by atoms with Gasteiger partial charge in [-0.2, -0.15) is 0 Å². The first-order valence-corrected chi connectivity index (χ1v) is 18.3. The predicted octanol–water partition coefficient (Wildman–Crippen LogP) is 6.49. The summed E-state index contributed by atoms with van der Waals surface area (Å²) >= 11 is 4.26. The Morgan fingerprint density at radius 1 is 0.953 bits per heavy atom. The minimum absolute atomic E-state index is 0.00832. The van der Waals surface area contributed by atoms with Crippen molar-refractivity contribution >= 4 is 57.0 Å². The van der Waals surface area contributed by atoms with Gasteiger partial charge in [-0.3, -0.25) is 4.90 Å². The van der Waals surface area contributed by atoms with E-state index in [9.17, 15) is 4.79 Å². The molecule has 1 N–H and O–H groups in total. The summed E-state index contributed by atoms with van der Waals surface area (Å²) in [5.41, 5.74) is 5.28. The van der Waals surface area contributed by atoms with E-state index in [1.54, 1.807) is 0 Å². The standard InChI is InChI=1S/C36H43BrN4OSi/c1-7-40(8-2)35(42)38-25-22-29-28-20-15-21-31-33(28)30(23-32(29)39(6)24-25)34(37)41(31)43(36(3,4)5,26-16-11-9-12-17-26)27-18-13-10-14-19-27/h9-22,25,32H,7-8,23-24H2,1-6H3,(H,38,42)/t25-,32+/m0/s1. The second kappa shape index (κ2) is 11.4. The number of rotatable bonds is 6. The molecule has 2 heterocycles. The summed E-state index contributed by atoms with van der Waals surface area (Å²) in [7, 11) is -0.472. The van der Waals surface area contributed by atoms with Crippen molar-refractivity contribution in [3.8, 4) is 0 Å². The number of fused-ring (bicyclic) bond motifs is 2. The van der Waals surface area contributed by atoms with E-state index >= 15 is 0 Å². The fourth-order valence-corrected chi connectivity index (χ4v) is 14.7. The molecule has 0 spiro atoms. The highest BCUT2D eigenvalue weighted by atomic mass is 79.9. The third kappa shape index (κ3) is 4.71. The molecule has 224 valence electrons. The van der Waals surface area contributed by atoms with Crippen LogP contribution in [0.3, 0.4) is 0 Å². The van der Waals surface area contributed by atoms with Gasteiger partial charge < -0.3 is 14.4 Å². The van der Waals surface area contributed by atoms with E-state index in [0.29, 0.717) is 13.1 Å². The van der Waals surface area contributed by atoms with E-state index in [1.165, 1.54) is 42.6 Å². The number of nitrogens with zero attached hydrogens (tertiary/aromatic N) is 3. The van der Waals surface area contributed by atoms with Crippen LogP contribution in [0.2, 0.25) is 5.04 Å². The highest BCUT2D eigenvalue weighted by Gasteiger charge is 2.52. The number of amides is 2. The number of carbonyl (C=O) groups excluding carboxylic acids is 1. The second-order valence-corrected chi connectivity index (χ2v) is 18.3. The van der Waals surface area contributed by atoms with Gasteiger partial charge >= 0.3 is 6.03 Å². The molecule has 2 aliphatic rings. The van der Waals surface area contributed by atoms with Gasteiger partial charge in [-0.1, -0.05) is 99.6 Å². The zero-order valence-corrected chi connectivity index (χ0v) is 28.8. The molecular weight excluding hydrogens is 612 g/mol. The first kappa shape index (κ1) is 29.9. The average molecular weight is 656 g/mol. The zero-order valence-electron chi connectivity index (χ0n) is 26.2. The number of hydrogen-bond donors (Lipinski definition) is 1. The zero-order chi connectivity index (χ0) is 30.5. The van der Waals surface area contributed by atoms with Crippen molar-refractivity contribution < 1.29 is 4.79 Å². The van der Waals surface area contributed by atoms with Crippen LogP contribution in [-0.2, 0) is 6.42 Å². The largest absolute Gasteiger partial charge is 0.353 e. The number of hydrogen-bond acceptors (Lipinski definition) is 2. The van der Waals surface area contributed by atoms with Gasteiger partial charge in [0.15, 0.2) is 0 Å². The Balaban J connectivity index is 1.60. The van der Waals surface area contributed by atoms with Gasteiger partial charge in [-0.25, -0.2) is 4.79 Å². The molecule has 3 aromatic carbocycles. The van der Waals surface area contributed by atoms with E-state index in [1.807, 2.05) is 18.7 Å². The van der Waals surface area contributed by atoms with Crippen molar-refractivity contribution in [3.05, 3.63) is 101 Å². The summed E-state index contributed by atoms with van der Waals surface area (Å²) in [5.74, 6) is 0. The van der Waals surface area contributed by atoms with E-state index in [4.69, 9.17) is 0 Å². The van der Waals surface area contributed by atoms with E-state index in [0.717, 1.165) is 13.0 Å². The average Bonchev–Trinajstić information content (AvgIpc) is 3.27. The molecule has 0 bridgehead atoms. The second-order valence-electron chi connectivity index (χ2n) is 13.0. The lowest BCUT2D eigenvalue weighted by atomic mass is 9.81. The quantitative estimate of drug-likeness (QED) is 0.242. The molecule has 0 unspecified atom stereocenters. The van der Waals surface area contributed by atoms with Crippen LogP contribution < -0.4 is 15.7 Å². The third-order valence-corrected chi connectivity index (χ3v) is 16.5. The molecule has 6 rings (SSSR count). The molecule has 5 nitrogen and oxygen atoms in total. The number of likely N-dealkylation sites (N-methyl/N-ethyl adjacent to an activating group) is 1. The van der Waals surface area contributed by atoms with Crippen LogP contribution in [0.15, 0.2) is 89.5 Å². The Hall–Kier alpha value is -3.13. The van der Waals surface area contributed by atoms with Crippen LogP contribution in [0.5, 0.6) is 0 Å². The molecule has 1 aromatic heterocycles. The summed E-state index contributed by atoms with van der Waals surface area (Å²) in [5, 5.41) is 7.40. The van der Waals surface area contributed by atoms with Gasteiger partial charge in [-0.15, -0.1) is 0 Å². The van der Waals surface area contributed by atoms with Crippen LogP contribution in [0.25, 0.3) is 16.5 Å². The Morgan fingerprint density at radius 2 is 1.56 bits per heavy atom. The number of benzene rings is 3. The van der Waals surface area contributed by atoms with Crippen LogP contribution in [0.4, 0.5) is 4.79 Å². The van der Waals surface area contributed by atoms with Crippen LogP contribution >= 0.6 is 15.9 Å². The van der Waals surface area contributed by atoms with E-state index in [-0.39, 0.29) is 23.2 Å². The summed E-state index contributed by atoms with van der Waals surface area (Å²) in [6, 6.07) is 29.4. The highest BCUT2D eigenvalue weighted by Crippen LogP contribution is 2.48. The molecule has 0 saturated carbocycles. The van der Waals surface area contributed by atoms with Crippen LogP contribution in [-0.4, -0.2) is 67.1 Å². The Labute approximate surface area is 265 Å². The number of halogens is 1. The maximum atomic E-state index is 13.0. The smallest absolute Gasteiger partial charge is 0.317 e. The fourth-order valence-electron chi connectivity index (χ4n) is 7.76. The lowest BCUT2D eigenvalue weighted by Gasteiger charge is -2.45. The minimum atomic E-state index is -2.67. The number of aromatic nitrogens is 1. The molecule has 2 atom stereocenters.